The fourth-order valence-corrected chi connectivity index (χ4v) is 2.51. The van der Waals surface area contributed by atoms with Gasteiger partial charge in [0.15, 0.2) is 0 Å². The highest BCUT2D eigenvalue weighted by Crippen LogP contribution is 2.18. The summed E-state index contributed by atoms with van der Waals surface area (Å²) >= 11 is 0. The van der Waals surface area contributed by atoms with Crippen molar-refractivity contribution in [2.24, 2.45) is 0 Å². The van der Waals surface area contributed by atoms with Crippen molar-refractivity contribution in [1.82, 2.24) is 15.3 Å². The molecule has 1 amide bonds. The first-order chi connectivity index (χ1) is 14.0. The number of carbonyl (C=O) groups excluding carboxylic acids is 2. The van der Waals surface area contributed by atoms with Crippen molar-refractivity contribution in [2.45, 2.75) is 12.5 Å². The van der Waals surface area contributed by atoms with Gasteiger partial charge in [0.25, 0.3) is 11.6 Å². The van der Waals surface area contributed by atoms with E-state index in [9.17, 15) is 19.7 Å². The molecule has 0 bridgehead atoms. The molecule has 0 aliphatic carbocycles. The first-order valence-corrected chi connectivity index (χ1v) is 8.60. The molecule has 0 fully saturated rings. The minimum absolute atomic E-state index is 0.0636. The molecule has 9 heteroatoms. The first-order valence-electron chi connectivity index (χ1n) is 8.60. The highest BCUT2D eigenvalue weighted by atomic mass is 16.6. The summed E-state index contributed by atoms with van der Waals surface area (Å²) in [5.74, 6) is -1.15. The van der Waals surface area contributed by atoms with Gasteiger partial charge >= 0.3 is 5.97 Å². The largest absolute Gasteiger partial charge is 0.425 e. The van der Waals surface area contributed by atoms with E-state index in [0.717, 1.165) is 5.56 Å². The number of esters is 1. The number of benzene rings is 2. The topological polar surface area (TPSA) is 124 Å². The summed E-state index contributed by atoms with van der Waals surface area (Å²) in [5, 5.41) is 13.3. The fourth-order valence-electron chi connectivity index (χ4n) is 2.51. The van der Waals surface area contributed by atoms with E-state index in [1.807, 2.05) is 30.3 Å². The monoisotopic (exact) mass is 392 g/mol. The van der Waals surface area contributed by atoms with Crippen LogP contribution in [0.3, 0.4) is 0 Å². The maximum Gasteiger partial charge on any atom is 0.334 e. The molecule has 29 heavy (non-hydrogen) atoms. The molecule has 0 saturated heterocycles. The minimum atomic E-state index is -0.998. The number of amides is 1. The van der Waals surface area contributed by atoms with Gasteiger partial charge < -0.3 is 10.1 Å². The van der Waals surface area contributed by atoms with E-state index in [1.54, 1.807) is 0 Å². The molecule has 146 valence electrons. The molecule has 9 nitrogen and oxygen atoms in total. The molecule has 0 aliphatic heterocycles. The Balaban J connectivity index is 1.76. The highest BCUT2D eigenvalue weighted by molar-refractivity contribution is 5.95. The minimum Gasteiger partial charge on any atom is -0.425 e. The van der Waals surface area contributed by atoms with Crippen molar-refractivity contribution >= 4 is 17.6 Å². The smallest absolute Gasteiger partial charge is 0.334 e. The summed E-state index contributed by atoms with van der Waals surface area (Å²) in [7, 11) is 0. The highest BCUT2D eigenvalue weighted by Gasteiger charge is 2.25. The summed E-state index contributed by atoms with van der Waals surface area (Å²) in [5.41, 5.74) is 0.757. The molecule has 1 N–H and O–H groups in total. The molecule has 1 heterocycles. The number of carbonyl (C=O) groups is 2. The van der Waals surface area contributed by atoms with Gasteiger partial charge in [-0.05, 0) is 17.7 Å². The Morgan fingerprint density at radius 2 is 1.79 bits per heavy atom. The van der Waals surface area contributed by atoms with E-state index < -0.39 is 22.8 Å². The van der Waals surface area contributed by atoms with Crippen LogP contribution in [0.25, 0.3) is 0 Å². The maximum absolute atomic E-state index is 12.7. The first kappa shape index (κ1) is 19.6. The van der Waals surface area contributed by atoms with Crippen LogP contribution in [0.15, 0.2) is 73.2 Å². The third-order valence-electron chi connectivity index (χ3n) is 3.93. The average molecular weight is 392 g/mol. The predicted molar refractivity (Wildman–Crippen MR) is 102 cm³/mol. The van der Waals surface area contributed by atoms with E-state index in [4.69, 9.17) is 4.74 Å². The zero-order valence-corrected chi connectivity index (χ0v) is 15.1. The van der Waals surface area contributed by atoms with Crippen LogP contribution < -0.4 is 10.1 Å². The Bertz CT molecular complexity index is 994. The Morgan fingerprint density at radius 3 is 2.41 bits per heavy atom. The van der Waals surface area contributed by atoms with Crippen molar-refractivity contribution < 1.29 is 19.2 Å². The van der Waals surface area contributed by atoms with Crippen molar-refractivity contribution in [3.63, 3.8) is 0 Å². The summed E-state index contributed by atoms with van der Waals surface area (Å²) in [6.45, 7) is 0. The molecule has 3 rings (SSSR count). The Labute approximate surface area is 165 Å². The molecule has 2 aromatic carbocycles. The summed E-state index contributed by atoms with van der Waals surface area (Å²) in [6, 6.07) is 13.2. The van der Waals surface area contributed by atoms with E-state index in [0.29, 0.717) is 0 Å². The standard InChI is InChI=1S/C20H16N4O5/c25-19(18-13-21-10-11-22-18)23-17(12-14-4-2-1-3-5-14)20(26)29-16-8-6-15(7-9-16)24(27)28/h1-11,13,17H,12H2,(H,23,25)/t17-/m0/s1. The molecule has 3 aromatic rings. The third kappa shape index (κ3) is 5.42. The molecule has 1 aromatic heterocycles. The van der Waals surface area contributed by atoms with E-state index >= 15 is 0 Å². The summed E-state index contributed by atoms with van der Waals surface area (Å²) < 4.78 is 5.31. The number of aromatic nitrogens is 2. The molecular weight excluding hydrogens is 376 g/mol. The van der Waals surface area contributed by atoms with Gasteiger partial charge in [0.05, 0.1) is 11.1 Å². The molecule has 0 unspecified atom stereocenters. The fraction of sp³-hybridized carbons (Fsp3) is 0.100. The van der Waals surface area contributed by atoms with Crippen LogP contribution in [0.5, 0.6) is 5.75 Å². The van der Waals surface area contributed by atoms with Gasteiger partial charge in [-0.2, -0.15) is 0 Å². The average Bonchev–Trinajstić information content (AvgIpc) is 2.75. The number of hydrogen-bond donors (Lipinski definition) is 1. The van der Waals surface area contributed by atoms with Gasteiger partial charge in [0, 0.05) is 30.9 Å². The summed E-state index contributed by atoms with van der Waals surface area (Å²) in [6.07, 6.45) is 4.28. The number of ether oxygens (including phenoxy) is 1. The van der Waals surface area contributed by atoms with Crippen LogP contribution in [0.2, 0.25) is 0 Å². The quantitative estimate of drug-likeness (QED) is 0.283. The van der Waals surface area contributed by atoms with Crippen molar-refractivity contribution in [3.8, 4) is 5.75 Å². The normalized spacial score (nSPS) is 11.3. The number of rotatable bonds is 7. The van der Waals surface area contributed by atoms with Gasteiger partial charge in [-0.1, -0.05) is 30.3 Å². The van der Waals surface area contributed by atoms with Crippen LogP contribution in [0, 0.1) is 10.1 Å². The van der Waals surface area contributed by atoms with Crippen molar-refractivity contribution in [1.29, 1.82) is 0 Å². The molecule has 1 atom stereocenters. The SMILES string of the molecule is O=C(N[C@@H](Cc1ccccc1)C(=O)Oc1ccc([N+](=O)[O-])cc1)c1cnccn1. The number of non-ortho nitro benzene ring substituents is 1. The van der Waals surface area contributed by atoms with Gasteiger partial charge in [-0.3, -0.25) is 19.9 Å². The lowest BCUT2D eigenvalue weighted by Crippen LogP contribution is -2.44. The molecule has 0 spiro atoms. The number of hydrogen-bond acceptors (Lipinski definition) is 7. The van der Waals surface area contributed by atoms with Crippen LogP contribution in [-0.4, -0.2) is 32.8 Å². The molecule has 0 aliphatic rings. The van der Waals surface area contributed by atoms with Crippen LogP contribution in [-0.2, 0) is 11.2 Å². The summed E-state index contributed by atoms with van der Waals surface area (Å²) in [4.78, 5) is 43.1. The Kier molecular flexibility index (Phi) is 6.21. The molecule has 0 radical (unpaired) electrons. The van der Waals surface area contributed by atoms with Gasteiger partial charge in [0.1, 0.15) is 17.5 Å². The number of nitro groups is 1. The second-order valence-electron chi connectivity index (χ2n) is 5.98. The maximum atomic E-state index is 12.7. The lowest BCUT2D eigenvalue weighted by Gasteiger charge is -2.17. The van der Waals surface area contributed by atoms with Crippen LogP contribution in [0.1, 0.15) is 16.1 Å². The van der Waals surface area contributed by atoms with E-state index in [2.05, 4.69) is 15.3 Å². The number of nitrogens with one attached hydrogen (secondary N) is 1. The molecular formula is C20H16N4O5. The van der Waals surface area contributed by atoms with Gasteiger partial charge in [-0.25, -0.2) is 9.78 Å². The van der Waals surface area contributed by atoms with Gasteiger partial charge in [-0.15, -0.1) is 0 Å². The zero-order valence-electron chi connectivity index (χ0n) is 15.1. The predicted octanol–water partition coefficient (Wildman–Crippen LogP) is 2.33. The zero-order chi connectivity index (χ0) is 20.6. The number of nitro benzene ring substituents is 1. The lowest BCUT2D eigenvalue weighted by molar-refractivity contribution is -0.384. The third-order valence-corrected chi connectivity index (χ3v) is 3.93. The Morgan fingerprint density at radius 1 is 1.07 bits per heavy atom. The van der Waals surface area contributed by atoms with Crippen molar-refractivity contribution in [3.05, 3.63) is 94.6 Å². The Hall–Kier alpha value is -4.14. The second kappa shape index (κ2) is 9.18. The lowest BCUT2D eigenvalue weighted by atomic mass is 10.1. The van der Waals surface area contributed by atoms with E-state index in [-0.39, 0.29) is 23.6 Å². The second-order valence-corrected chi connectivity index (χ2v) is 5.98. The van der Waals surface area contributed by atoms with Crippen LogP contribution in [0.4, 0.5) is 5.69 Å². The van der Waals surface area contributed by atoms with Crippen molar-refractivity contribution in [2.75, 3.05) is 0 Å². The molecule has 0 saturated carbocycles. The van der Waals surface area contributed by atoms with Gasteiger partial charge in [0.2, 0.25) is 0 Å². The number of nitrogens with zero attached hydrogens (tertiary/aromatic N) is 3. The van der Waals surface area contributed by atoms with E-state index in [1.165, 1.54) is 42.9 Å². The van der Waals surface area contributed by atoms with Crippen LogP contribution >= 0.6 is 0 Å².